The van der Waals surface area contributed by atoms with E-state index in [1.165, 1.54) is 21.9 Å². The number of aromatic nitrogens is 1. The normalized spacial score (nSPS) is 11.0. The van der Waals surface area contributed by atoms with E-state index in [1.54, 1.807) is 6.92 Å². The van der Waals surface area contributed by atoms with E-state index < -0.39 is 0 Å². The number of carbonyl (C=O) groups excluding carboxylic acids is 1. The Morgan fingerprint density at radius 3 is 2.73 bits per heavy atom. The van der Waals surface area contributed by atoms with Crippen LogP contribution < -0.4 is 0 Å². The summed E-state index contributed by atoms with van der Waals surface area (Å²) in [5, 5.41) is 2.49. The molecule has 2 aromatic carbocycles. The van der Waals surface area contributed by atoms with Gasteiger partial charge in [-0.05, 0) is 31.4 Å². The lowest BCUT2D eigenvalue weighted by Crippen LogP contribution is -2.06. The number of benzene rings is 2. The lowest BCUT2D eigenvalue weighted by atomic mass is 10.1. The molecule has 3 aromatic rings. The van der Waals surface area contributed by atoms with Crippen LogP contribution in [0.3, 0.4) is 0 Å². The van der Waals surface area contributed by atoms with Crippen molar-refractivity contribution in [1.82, 2.24) is 4.98 Å². The predicted octanol–water partition coefficient (Wildman–Crippen LogP) is 4.37. The zero-order valence-corrected chi connectivity index (χ0v) is 12.7. The highest BCUT2D eigenvalue weighted by Crippen LogP contribution is 2.27. The van der Waals surface area contributed by atoms with E-state index in [9.17, 15) is 4.79 Å². The number of H-pyrrole nitrogens is 1. The van der Waals surface area contributed by atoms with E-state index in [-0.39, 0.29) is 5.97 Å². The molecule has 0 aliphatic rings. The van der Waals surface area contributed by atoms with E-state index in [1.807, 2.05) is 6.07 Å². The van der Waals surface area contributed by atoms with Gasteiger partial charge in [0.1, 0.15) is 0 Å². The van der Waals surface area contributed by atoms with Crippen molar-refractivity contribution in [2.45, 2.75) is 19.8 Å². The van der Waals surface area contributed by atoms with Crippen LogP contribution >= 0.6 is 0 Å². The number of hydrogen-bond donors (Lipinski definition) is 1. The molecule has 0 radical (unpaired) electrons. The topological polar surface area (TPSA) is 42.1 Å². The number of aromatic amines is 1. The van der Waals surface area contributed by atoms with Gasteiger partial charge >= 0.3 is 5.97 Å². The summed E-state index contributed by atoms with van der Waals surface area (Å²) in [5.74, 6) is -0.316. The molecule has 112 valence electrons. The van der Waals surface area contributed by atoms with Gasteiger partial charge in [-0.25, -0.2) is 4.79 Å². The highest BCUT2D eigenvalue weighted by molar-refractivity contribution is 6.08. The van der Waals surface area contributed by atoms with Crippen LogP contribution in [-0.2, 0) is 16.0 Å². The van der Waals surface area contributed by atoms with Crippen molar-refractivity contribution in [2.24, 2.45) is 0 Å². The molecule has 0 aliphatic carbocycles. The van der Waals surface area contributed by atoms with E-state index in [0.29, 0.717) is 12.2 Å². The van der Waals surface area contributed by atoms with E-state index in [2.05, 4.69) is 48.0 Å². The van der Waals surface area contributed by atoms with Gasteiger partial charge in [-0.1, -0.05) is 43.0 Å². The molecule has 3 heteroatoms. The number of esters is 1. The van der Waals surface area contributed by atoms with Crippen molar-refractivity contribution in [3.63, 3.8) is 0 Å². The lowest BCUT2D eigenvalue weighted by molar-refractivity contribution is -0.139. The standard InChI is InChI=1S/C19H19NO2/c1-13(2)19(21)22-12-6-8-14-7-5-10-16-15-9-3-4-11-17(15)20-18(14)16/h3-5,7,9-11,20H,1,6,8,12H2,2H3. The van der Waals surface area contributed by atoms with Crippen LogP contribution in [0.25, 0.3) is 21.8 Å². The monoisotopic (exact) mass is 293 g/mol. The number of hydrogen-bond acceptors (Lipinski definition) is 2. The molecule has 0 unspecified atom stereocenters. The fourth-order valence-electron chi connectivity index (χ4n) is 2.69. The smallest absolute Gasteiger partial charge is 0.333 e. The van der Waals surface area contributed by atoms with Gasteiger partial charge in [0.05, 0.1) is 6.61 Å². The summed E-state index contributed by atoms with van der Waals surface area (Å²) in [5.41, 5.74) is 4.02. The summed E-state index contributed by atoms with van der Waals surface area (Å²) in [7, 11) is 0. The molecule has 3 nitrogen and oxygen atoms in total. The molecule has 0 spiro atoms. The average molecular weight is 293 g/mol. The maximum Gasteiger partial charge on any atom is 0.333 e. The first-order valence-corrected chi connectivity index (χ1v) is 7.48. The fourth-order valence-corrected chi connectivity index (χ4v) is 2.69. The minimum atomic E-state index is -0.316. The Kier molecular flexibility index (Phi) is 3.96. The third-order valence-electron chi connectivity index (χ3n) is 3.80. The van der Waals surface area contributed by atoms with Crippen LogP contribution in [-0.4, -0.2) is 17.6 Å². The number of rotatable bonds is 5. The van der Waals surface area contributed by atoms with Gasteiger partial charge in [0.25, 0.3) is 0 Å². The molecular weight excluding hydrogens is 274 g/mol. The number of carbonyl (C=O) groups is 1. The highest BCUT2D eigenvalue weighted by Gasteiger charge is 2.08. The van der Waals surface area contributed by atoms with Crippen molar-refractivity contribution in [3.8, 4) is 0 Å². The first-order chi connectivity index (χ1) is 10.7. The van der Waals surface area contributed by atoms with Crippen LogP contribution in [0.1, 0.15) is 18.9 Å². The van der Waals surface area contributed by atoms with Crippen molar-refractivity contribution in [3.05, 3.63) is 60.2 Å². The van der Waals surface area contributed by atoms with Crippen LogP contribution in [0.2, 0.25) is 0 Å². The Morgan fingerprint density at radius 1 is 1.14 bits per heavy atom. The second-order valence-corrected chi connectivity index (χ2v) is 5.53. The molecule has 0 aliphatic heterocycles. The lowest BCUT2D eigenvalue weighted by Gasteiger charge is -2.05. The number of para-hydroxylation sites is 2. The summed E-state index contributed by atoms with van der Waals surface area (Å²) in [6.45, 7) is 5.66. The summed E-state index contributed by atoms with van der Waals surface area (Å²) in [6.07, 6.45) is 1.67. The van der Waals surface area contributed by atoms with Gasteiger partial charge in [-0.2, -0.15) is 0 Å². The molecule has 0 atom stereocenters. The minimum Gasteiger partial charge on any atom is -0.462 e. The van der Waals surface area contributed by atoms with Crippen LogP contribution in [0.15, 0.2) is 54.6 Å². The Labute approximate surface area is 129 Å². The Hall–Kier alpha value is -2.55. The first-order valence-electron chi connectivity index (χ1n) is 7.48. The first kappa shape index (κ1) is 14.4. The summed E-state index contributed by atoms with van der Waals surface area (Å²) in [6, 6.07) is 14.7. The number of ether oxygens (including phenoxy) is 1. The van der Waals surface area contributed by atoms with Crippen molar-refractivity contribution >= 4 is 27.8 Å². The molecule has 0 fully saturated rings. The van der Waals surface area contributed by atoms with Crippen molar-refractivity contribution < 1.29 is 9.53 Å². The van der Waals surface area contributed by atoms with Gasteiger partial charge in [0.15, 0.2) is 0 Å². The van der Waals surface area contributed by atoms with Crippen LogP contribution in [0.5, 0.6) is 0 Å². The quantitative estimate of drug-likeness (QED) is 0.431. The third kappa shape index (κ3) is 2.75. The molecule has 1 heterocycles. The largest absolute Gasteiger partial charge is 0.462 e. The number of aryl methyl sites for hydroxylation is 1. The highest BCUT2D eigenvalue weighted by atomic mass is 16.5. The Bertz CT molecular complexity index is 845. The van der Waals surface area contributed by atoms with Gasteiger partial charge in [-0.3, -0.25) is 0 Å². The molecule has 0 bridgehead atoms. The van der Waals surface area contributed by atoms with E-state index >= 15 is 0 Å². The van der Waals surface area contributed by atoms with E-state index in [4.69, 9.17) is 4.74 Å². The van der Waals surface area contributed by atoms with Gasteiger partial charge in [-0.15, -0.1) is 0 Å². The Balaban J connectivity index is 1.77. The molecular formula is C19H19NO2. The summed E-state index contributed by atoms with van der Waals surface area (Å²) < 4.78 is 5.15. The van der Waals surface area contributed by atoms with Crippen LogP contribution in [0, 0.1) is 0 Å². The zero-order valence-electron chi connectivity index (χ0n) is 12.7. The molecule has 1 N–H and O–H groups in total. The SMILES string of the molecule is C=C(C)C(=O)OCCCc1cccc2c1[nH]c1ccccc12. The molecule has 22 heavy (non-hydrogen) atoms. The molecule has 0 saturated carbocycles. The van der Waals surface area contributed by atoms with Gasteiger partial charge in [0, 0.05) is 27.4 Å². The molecule has 1 aromatic heterocycles. The predicted molar refractivity (Wildman–Crippen MR) is 89.9 cm³/mol. The maximum absolute atomic E-state index is 11.4. The van der Waals surface area contributed by atoms with Crippen molar-refractivity contribution in [1.29, 1.82) is 0 Å². The molecule has 0 saturated heterocycles. The molecule has 0 amide bonds. The van der Waals surface area contributed by atoms with Gasteiger partial charge < -0.3 is 9.72 Å². The fraction of sp³-hybridized carbons (Fsp3) is 0.211. The van der Waals surface area contributed by atoms with Crippen molar-refractivity contribution in [2.75, 3.05) is 6.61 Å². The summed E-state index contributed by atoms with van der Waals surface area (Å²) in [4.78, 5) is 14.8. The maximum atomic E-state index is 11.4. The average Bonchev–Trinajstić information content (AvgIpc) is 2.90. The van der Waals surface area contributed by atoms with Gasteiger partial charge in [0.2, 0.25) is 0 Å². The summed E-state index contributed by atoms with van der Waals surface area (Å²) >= 11 is 0. The minimum absolute atomic E-state index is 0.316. The second-order valence-electron chi connectivity index (χ2n) is 5.53. The van der Waals surface area contributed by atoms with E-state index in [0.717, 1.165) is 18.4 Å². The third-order valence-corrected chi connectivity index (χ3v) is 3.80. The second kappa shape index (κ2) is 6.06. The molecule has 3 rings (SSSR count). The Morgan fingerprint density at radius 2 is 1.91 bits per heavy atom. The zero-order chi connectivity index (χ0) is 15.5. The number of nitrogens with one attached hydrogen (secondary N) is 1. The van der Waals surface area contributed by atoms with Crippen LogP contribution in [0.4, 0.5) is 0 Å². The number of fused-ring (bicyclic) bond motifs is 3.